The van der Waals surface area contributed by atoms with Crippen LogP contribution in [0.3, 0.4) is 0 Å². The fourth-order valence-corrected chi connectivity index (χ4v) is 3.12. The van der Waals surface area contributed by atoms with Gasteiger partial charge < -0.3 is 10.1 Å². The zero-order valence-electron chi connectivity index (χ0n) is 13.3. The predicted octanol–water partition coefficient (Wildman–Crippen LogP) is 4.46. The number of halogens is 1. The molecule has 0 spiro atoms. The van der Waals surface area contributed by atoms with Gasteiger partial charge in [-0.1, -0.05) is 31.9 Å². The quantitative estimate of drug-likeness (QED) is 0.801. The number of ether oxygens (including phenoxy) is 1. The number of nitrogens with one attached hydrogen (secondary N) is 1. The molecule has 0 radical (unpaired) electrons. The Hall–Kier alpha value is -0.930. The predicted molar refractivity (Wildman–Crippen MR) is 84.8 cm³/mol. The van der Waals surface area contributed by atoms with Crippen molar-refractivity contribution in [3.63, 3.8) is 0 Å². The van der Waals surface area contributed by atoms with Crippen molar-refractivity contribution in [2.75, 3.05) is 13.2 Å². The fraction of sp³-hybridized carbons (Fsp3) is 0.667. The van der Waals surface area contributed by atoms with Gasteiger partial charge in [0.25, 0.3) is 0 Å². The summed E-state index contributed by atoms with van der Waals surface area (Å²) in [5, 5.41) is 3.78. The van der Waals surface area contributed by atoms with Crippen molar-refractivity contribution >= 4 is 0 Å². The largest absolute Gasteiger partial charge is 0.381 e. The Morgan fingerprint density at radius 2 is 1.90 bits per heavy atom. The van der Waals surface area contributed by atoms with Crippen LogP contribution in [0.1, 0.15) is 57.6 Å². The van der Waals surface area contributed by atoms with E-state index in [9.17, 15) is 4.39 Å². The molecule has 3 heteroatoms. The van der Waals surface area contributed by atoms with Crippen LogP contribution in [0, 0.1) is 11.7 Å². The fourth-order valence-electron chi connectivity index (χ4n) is 3.12. The van der Waals surface area contributed by atoms with Gasteiger partial charge in [-0.2, -0.15) is 0 Å². The van der Waals surface area contributed by atoms with E-state index in [4.69, 9.17) is 4.74 Å². The van der Waals surface area contributed by atoms with Gasteiger partial charge in [0.1, 0.15) is 5.82 Å². The first-order valence-corrected chi connectivity index (χ1v) is 8.30. The third kappa shape index (κ3) is 5.08. The Bertz CT molecular complexity index is 400. The van der Waals surface area contributed by atoms with E-state index in [0.29, 0.717) is 18.0 Å². The maximum Gasteiger partial charge on any atom is 0.123 e. The van der Waals surface area contributed by atoms with Crippen molar-refractivity contribution in [1.82, 2.24) is 5.32 Å². The summed E-state index contributed by atoms with van der Waals surface area (Å²) in [7, 11) is 0. The average molecular weight is 293 g/mol. The van der Waals surface area contributed by atoms with E-state index in [1.165, 1.54) is 18.4 Å². The van der Waals surface area contributed by atoms with Crippen molar-refractivity contribution in [3.05, 3.63) is 35.6 Å². The average Bonchev–Trinajstić information content (AvgIpc) is 2.53. The molecule has 1 aromatic carbocycles. The van der Waals surface area contributed by atoms with E-state index < -0.39 is 0 Å². The number of hydrogen-bond acceptors (Lipinski definition) is 2. The molecule has 0 bridgehead atoms. The molecule has 1 aromatic rings. The summed E-state index contributed by atoms with van der Waals surface area (Å²) in [6, 6.07) is 7.76. The van der Waals surface area contributed by atoms with Crippen LogP contribution in [0.2, 0.25) is 0 Å². The van der Waals surface area contributed by atoms with Gasteiger partial charge in [-0.15, -0.1) is 0 Å². The first-order chi connectivity index (χ1) is 10.2. The molecule has 1 heterocycles. The smallest absolute Gasteiger partial charge is 0.123 e. The lowest BCUT2D eigenvalue weighted by molar-refractivity contribution is 0.0541. The van der Waals surface area contributed by atoms with Crippen molar-refractivity contribution < 1.29 is 9.13 Å². The lowest BCUT2D eigenvalue weighted by atomic mass is 9.91. The highest BCUT2D eigenvalue weighted by Gasteiger charge is 2.23. The van der Waals surface area contributed by atoms with Crippen molar-refractivity contribution in [2.24, 2.45) is 5.92 Å². The maximum absolute atomic E-state index is 13.1. The standard InChI is InChI=1S/C18H28FNO/c1-3-4-5-18(16-6-8-17(19)9-7-16)20-14(2)15-10-12-21-13-11-15/h6-9,14-15,18,20H,3-5,10-13H2,1-2H3. The molecular weight excluding hydrogens is 265 g/mol. The molecule has 21 heavy (non-hydrogen) atoms. The molecule has 1 fully saturated rings. The third-order valence-electron chi connectivity index (χ3n) is 4.56. The molecule has 2 nitrogen and oxygen atoms in total. The molecule has 0 saturated carbocycles. The summed E-state index contributed by atoms with van der Waals surface area (Å²) in [5.41, 5.74) is 1.20. The number of unbranched alkanes of at least 4 members (excludes halogenated alkanes) is 1. The molecule has 2 unspecified atom stereocenters. The summed E-state index contributed by atoms with van der Waals surface area (Å²) in [4.78, 5) is 0. The molecule has 1 aliphatic heterocycles. The van der Waals surface area contributed by atoms with E-state index in [1.54, 1.807) is 12.1 Å². The van der Waals surface area contributed by atoms with E-state index in [2.05, 4.69) is 19.2 Å². The Kier molecular flexibility index (Phi) is 6.65. The van der Waals surface area contributed by atoms with Gasteiger partial charge in [0.15, 0.2) is 0 Å². The zero-order chi connectivity index (χ0) is 15.1. The van der Waals surface area contributed by atoms with Gasteiger partial charge in [-0.05, 0) is 49.8 Å². The van der Waals surface area contributed by atoms with Gasteiger partial charge >= 0.3 is 0 Å². The first-order valence-electron chi connectivity index (χ1n) is 8.30. The Labute approximate surface area is 128 Å². The lowest BCUT2D eigenvalue weighted by Crippen LogP contribution is -2.39. The lowest BCUT2D eigenvalue weighted by Gasteiger charge is -2.32. The van der Waals surface area contributed by atoms with Crippen LogP contribution in [0.15, 0.2) is 24.3 Å². The molecule has 2 atom stereocenters. The minimum atomic E-state index is -0.162. The van der Waals surface area contributed by atoms with Gasteiger partial charge in [0, 0.05) is 25.3 Å². The highest BCUT2D eigenvalue weighted by Crippen LogP contribution is 2.25. The molecule has 0 aliphatic carbocycles. The van der Waals surface area contributed by atoms with Crippen LogP contribution in [0.25, 0.3) is 0 Å². The van der Waals surface area contributed by atoms with Crippen molar-refractivity contribution in [1.29, 1.82) is 0 Å². The summed E-state index contributed by atoms with van der Waals surface area (Å²) in [6.45, 7) is 6.25. The van der Waals surface area contributed by atoms with Crippen molar-refractivity contribution in [3.8, 4) is 0 Å². The molecule has 1 saturated heterocycles. The van der Waals surface area contributed by atoms with Crippen molar-refractivity contribution in [2.45, 2.75) is 58.0 Å². The molecule has 1 N–H and O–H groups in total. The number of benzene rings is 1. The normalized spacial score (nSPS) is 19.4. The Morgan fingerprint density at radius 1 is 1.24 bits per heavy atom. The van der Waals surface area contributed by atoms with Gasteiger partial charge in [-0.25, -0.2) is 4.39 Å². The van der Waals surface area contributed by atoms with Crippen LogP contribution in [0.4, 0.5) is 4.39 Å². The minimum absolute atomic E-state index is 0.162. The van der Waals surface area contributed by atoms with E-state index >= 15 is 0 Å². The Morgan fingerprint density at radius 3 is 2.52 bits per heavy atom. The van der Waals surface area contributed by atoms with Crippen LogP contribution in [-0.4, -0.2) is 19.3 Å². The topological polar surface area (TPSA) is 21.3 Å². The highest BCUT2D eigenvalue weighted by atomic mass is 19.1. The second-order valence-corrected chi connectivity index (χ2v) is 6.15. The van der Waals surface area contributed by atoms with Crippen LogP contribution >= 0.6 is 0 Å². The maximum atomic E-state index is 13.1. The number of hydrogen-bond donors (Lipinski definition) is 1. The molecule has 1 aliphatic rings. The van der Waals surface area contributed by atoms with Crippen LogP contribution < -0.4 is 5.32 Å². The second-order valence-electron chi connectivity index (χ2n) is 6.15. The number of rotatable bonds is 7. The van der Waals surface area contributed by atoms with Gasteiger partial charge in [0.2, 0.25) is 0 Å². The zero-order valence-corrected chi connectivity index (χ0v) is 13.3. The van der Waals surface area contributed by atoms with Gasteiger partial charge in [0.05, 0.1) is 0 Å². The van der Waals surface area contributed by atoms with E-state index in [-0.39, 0.29) is 5.82 Å². The summed E-state index contributed by atoms with van der Waals surface area (Å²) in [6.07, 6.45) is 5.76. The molecule has 118 valence electrons. The molecular formula is C18H28FNO. The third-order valence-corrected chi connectivity index (χ3v) is 4.56. The van der Waals surface area contributed by atoms with Gasteiger partial charge in [-0.3, -0.25) is 0 Å². The summed E-state index contributed by atoms with van der Waals surface area (Å²) >= 11 is 0. The summed E-state index contributed by atoms with van der Waals surface area (Å²) < 4.78 is 18.6. The van der Waals surface area contributed by atoms with Crippen LogP contribution in [-0.2, 0) is 4.74 Å². The summed E-state index contributed by atoms with van der Waals surface area (Å²) in [5.74, 6) is 0.522. The second kappa shape index (κ2) is 8.50. The highest BCUT2D eigenvalue weighted by molar-refractivity contribution is 5.20. The molecule has 0 aromatic heterocycles. The first kappa shape index (κ1) is 16.4. The van der Waals surface area contributed by atoms with E-state index in [1.807, 2.05) is 12.1 Å². The monoisotopic (exact) mass is 293 g/mol. The Balaban J connectivity index is 1.99. The SMILES string of the molecule is CCCCC(NC(C)C1CCOCC1)c1ccc(F)cc1. The molecule has 2 rings (SSSR count). The minimum Gasteiger partial charge on any atom is -0.381 e. The molecule has 0 amide bonds. The van der Waals surface area contributed by atoms with Crippen LogP contribution in [0.5, 0.6) is 0 Å². The van der Waals surface area contributed by atoms with E-state index in [0.717, 1.165) is 32.5 Å².